The Labute approximate surface area is 202 Å². The van der Waals surface area contributed by atoms with E-state index in [2.05, 4.69) is 21.2 Å². The summed E-state index contributed by atoms with van der Waals surface area (Å²) in [6, 6.07) is 13.8. The van der Waals surface area contributed by atoms with E-state index in [9.17, 15) is 14.0 Å². The summed E-state index contributed by atoms with van der Waals surface area (Å²) in [4.78, 5) is 28.0. The second-order valence-corrected chi connectivity index (χ2v) is 10.1. The van der Waals surface area contributed by atoms with Crippen molar-refractivity contribution in [1.82, 2.24) is 10.2 Å². The van der Waals surface area contributed by atoms with Gasteiger partial charge >= 0.3 is 0 Å². The molecule has 1 N–H and O–H groups in total. The Kier molecular flexibility index (Phi) is 9.60. The molecule has 1 saturated carbocycles. The summed E-state index contributed by atoms with van der Waals surface area (Å²) < 4.78 is 14.4. The van der Waals surface area contributed by atoms with Gasteiger partial charge in [-0.05, 0) is 54.7 Å². The van der Waals surface area contributed by atoms with Crippen molar-refractivity contribution in [2.75, 3.05) is 5.75 Å². The summed E-state index contributed by atoms with van der Waals surface area (Å²) in [6.07, 6.45) is 4.79. The van der Waals surface area contributed by atoms with Gasteiger partial charge in [0, 0.05) is 22.8 Å². The molecule has 3 rings (SSSR count). The van der Waals surface area contributed by atoms with Gasteiger partial charge in [0.25, 0.3) is 0 Å². The summed E-state index contributed by atoms with van der Waals surface area (Å²) >= 11 is 4.97. The number of rotatable bonds is 10. The summed E-state index contributed by atoms with van der Waals surface area (Å²) in [6.45, 7) is 2.22. The first-order chi connectivity index (χ1) is 15.5. The Morgan fingerprint density at radius 3 is 2.34 bits per heavy atom. The molecular formula is C25H30BrFN2O2S. The number of thioether (sulfide) groups is 1. The molecule has 7 heteroatoms. The maximum atomic E-state index is 13.4. The number of carbonyl (C=O) groups excluding carboxylic acids is 2. The molecule has 172 valence electrons. The predicted molar refractivity (Wildman–Crippen MR) is 132 cm³/mol. The van der Waals surface area contributed by atoms with Crippen LogP contribution in [0.3, 0.4) is 0 Å². The van der Waals surface area contributed by atoms with Crippen LogP contribution in [0.4, 0.5) is 4.39 Å². The maximum Gasteiger partial charge on any atom is 0.243 e. The first-order valence-corrected chi connectivity index (χ1v) is 13.1. The van der Waals surface area contributed by atoms with E-state index in [-0.39, 0.29) is 36.0 Å². The van der Waals surface area contributed by atoms with Gasteiger partial charge in [-0.15, -0.1) is 11.8 Å². The van der Waals surface area contributed by atoms with E-state index in [1.54, 1.807) is 17.0 Å². The second-order valence-electron chi connectivity index (χ2n) is 8.18. The average molecular weight is 521 g/mol. The summed E-state index contributed by atoms with van der Waals surface area (Å²) in [5.41, 5.74) is 1.95. The number of hydrogen-bond donors (Lipinski definition) is 1. The molecule has 0 unspecified atom stereocenters. The molecule has 0 spiro atoms. The van der Waals surface area contributed by atoms with Crippen LogP contribution >= 0.6 is 27.7 Å². The van der Waals surface area contributed by atoms with Crippen LogP contribution in [0.5, 0.6) is 0 Å². The summed E-state index contributed by atoms with van der Waals surface area (Å²) in [5.74, 6) is 0.513. The molecule has 4 nitrogen and oxygen atoms in total. The number of hydrogen-bond acceptors (Lipinski definition) is 3. The van der Waals surface area contributed by atoms with Gasteiger partial charge in [-0.25, -0.2) is 4.39 Å². The lowest BCUT2D eigenvalue weighted by Crippen LogP contribution is -2.51. The largest absolute Gasteiger partial charge is 0.352 e. The number of carbonyl (C=O) groups is 2. The first-order valence-electron chi connectivity index (χ1n) is 11.1. The van der Waals surface area contributed by atoms with Crippen LogP contribution in [0.2, 0.25) is 0 Å². The van der Waals surface area contributed by atoms with Gasteiger partial charge in [0.2, 0.25) is 11.8 Å². The highest BCUT2D eigenvalue weighted by Gasteiger charge is 2.30. The van der Waals surface area contributed by atoms with Crippen molar-refractivity contribution in [1.29, 1.82) is 0 Å². The van der Waals surface area contributed by atoms with Gasteiger partial charge in [-0.1, -0.05) is 60.0 Å². The molecule has 1 atom stereocenters. The summed E-state index contributed by atoms with van der Waals surface area (Å²) in [7, 11) is 0. The smallest absolute Gasteiger partial charge is 0.243 e. The standard InChI is InChI=1S/C25H30BrFN2O2S/c1-2-23(25(31)28-22-5-3-4-6-22)29(15-18-9-13-21(27)14-10-18)24(30)17-32-16-19-7-11-20(26)12-8-19/h7-14,22-23H,2-6,15-17H2,1H3,(H,28,31)/t23-/m0/s1. The summed E-state index contributed by atoms with van der Waals surface area (Å²) in [5, 5.41) is 3.14. The van der Waals surface area contributed by atoms with Gasteiger partial charge < -0.3 is 10.2 Å². The normalized spacial score (nSPS) is 14.8. The van der Waals surface area contributed by atoms with Gasteiger partial charge in [-0.2, -0.15) is 0 Å². The van der Waals surface area contributed by atoms with Crippen LogP contribution in [0.25, 0.3) is 0 Å². The highest BCUT2D eigenvalue weighted by molar-refractivity contribution is 9.10. The Morgan fingerprint density at radius 1 is 1.09 bits per heavy atom. The van der Waals surface area contributed by atoms with Crippen molar-refractivity contribution in [3.05, 3.63) is 69.9 Å². The van der Waals surface area contributed by atoms with Crippen LogP contribution in [-0.4, -0.2) is 34.6 Å². The second kappa shape index (κ2) is 12.4. The fourth-order valence-corrected chi connectivity index (χ4v) is 5.13. The zero-order valence-electron chi connectivity index (χ0n) is 18.4. The number of amides is 2. The molecule has 2 amide bonds. The molecule has 0 radical (unpaired) electrons. The van der Waals surface area contributed by atoms with E-state index in [0.717, 1.165) is 41.3 Å². The van der Waals surface area contributed by atoms with E-state index >= 15 is 0 Å². The molecule has 1 aliphatic rings. The van der Waals surface area contributed by atoms with E-state index in [1.807, 2.05) is 31.2 Å². The average Bonchev–Trinajstić information content (AvgIpc) is 3.29. The third-order valence-corrected chi connectivity index (χ3v) is 7.28. The molecule has 0 saturated heterocycles. The van der Waals surface area contributed by atoms with Crippen LogP contribution in [0.1, 0.15) is 50.2 Å². The van der Waals surface area contributed by atoms with Crippen LogP contribution in [-0.2, 0) is 21.9 Å². The van der Waals surface area contributed by atoms with Crippen molar-refractivity contribution >= 4 is 39.5 Å². The number of nitrogens with one attached hydrogen (secondary N) is 1. The lowest BCUT2D eigenvalue weighted by molar-refractivity contribution is -0.139. The Morgan fingerprint density at radius 2 is 1.72 bits per heavy atom. The molecule has 0 aromatic heterocycles. The fraction of sp³-hybridized carbons (Fsp3) is 0.440. The third kappa shape index (κ3) is 7.34. The molecule has 0 bridgehead atoms. The monoisotopic (exact) mass is 520 g/mol. The van der Waals surface area contributed by atoms with Gasteiger partial charge in [0.1, 0.15) is 11.9 Å². The van der Waals surface area contributed by atoms with Crippen molar-refractivity contribution in [2.24, 2.45) is 0 Å². The lowest BCUT2D eigenvalue weighted by Gasteiger charge is -2.31. The molecule has 0 aliphatic heterocycles. The molecule has 32 heavy (non-hydrogen) atoms. The number of benzene rings is 2. The topological polar surface area (TPSA) is 49.4 Å². The highest BCUT2D eigenvalue weighted by Crippen LogP contribution is 2.21. The molecule has 2 aromatic carbocycles. The van der Waals surface area contributed by atoms with Gasteiger partial charge in [0.15, 0.2) is 0 Å². The minimum atomic E-state index is -0.540. The Hall–Kier alpha value is -1.86. The highest BCUT2D eigenvalue weighted by atomic mass is 79.9. The third-order valence-electron chi connectivity index (χ3n) is 5.76. The van der Waals surface area contributed by atoms with Gasteiger partial charge in [-0.3, -0.25) is 9.59 Å². The van der Waals surface area contributed by atoms with E-state index < -0.39 is 6.04 Å². The van der Waals surface area contributed by atoms with Crippen LogP contribution < -0.4 is 5.32 Å². The molecule has 2 aromatic rings. The van der Waals surface area contributed by atoms with Crippen molar-refractivity contribution in [2.45, 2.75) is 63.4 Å². The lowest BCUT2D eigenvalue weighted by atomic mass is 10.1. The van der Waals surface area contributed by atoms with Crippen molar-refractivity contribution in [3.63, 3.8) is 0 Å². The minimum Gasteiger partial charge on any atom is -0.352 e. The fourth-order valence-electron chi connectivity index (χ4n) is 3.99. The predicted octanol–water partition coefficient (Wildman–Crippen LogP) is 5.69. The van der Waals surface area contributed by atoms with E-state index in [4.69, 9.17) is 0 Å². The van der Waals surface area contributed by atoms with Crippen molar-refractivity contribution in [3.8, 4) is 0 Å². The minimum absolute atomic E-state index is 0.0788. The van der Waals surface area contributed by atoms with Crippen molar-refractivity contribution < 1.29 is 14.0 Å². The molecule has 0 heterocycles. The molecule has 1 aliphatic carbocycles. The molecular weight excluding hydrogens is 491 g/mol. The number of halogens is 2. The SMILES string of the molecule is CC[C@@H](C(=O)NC1CCCC1)N(Cc1ccc(F)cc1)C(=O)CSCc1ccc(Br)cc1. The zero-order valence-corrected chi connectivity index (χ0v) is 20.8. The Bertz CT molecular complexity index is 886. The van der Waals surface area contributed by atoms with Crippen LogP contribution in [0, 0.1) is 5.82 Å². The maximum absolute atomic E-state index is 13.4. The first kappa shape index (κ1) is 24.8. The Balaban J connectivity index is 1.68. The quantitative estimate of drug-likeness (QED) is 0.437. The number of nitrogens with zero attached hydrogens (tertiary/aromatic N) is 1. The molecule has 1 fully saturated rings. The zero-order chi connectivity index (χ0) is 22.9. The van der Waals surface area contributed by atoms with Crippen LogP contribution in [0.15, 0.2) is 53.0 Å². The van der Waals surface area contributed by atoms with E-state index in [1.165, 1.54) is 23.9 Å². The van der Waals surface area contributed by atoms with E-state index in [0.29, 0.717) is 12.2 Å². The van der Waals surface area contributed by atoms with Gasteiger partial charge in [0.05, 0.1) is 5.75 Å².